The Labute approximate surface area is 143 Å². The van der Waals surface area contributed by atoms with Crippen molar-refractivity contribution >= 4 is 27.6 Å². The summed E-state index contributed by atoms with van der Waals surface area (Å²) in [6.07, 6.45) is 2.27. The fourth-order valence-electron chi connectivity index (χ4n) is 2.13. The summed E-state index contributed by atoms with van der Waals surface area (Å²) in [4.78, 5) is 11.8. The second kappa shape index (κ2) is 9.90. The molecule has 0 unspecified atom stereocenters. The number of carbonyl (C=O) groups is 1. The number of halogens is 1. The second-order valence-corrected chi connectivity index (χ2v) is 7.40. The van der Waals surface area contributed by atoms with Crippen LogP contribution in [0.25, 0.3) is 0 Å². The molecule has 0 aliphatic rings. The molecule has 0 N–H and O–H groups in total. The van der Waals surface area contributed by atoms with E-state index in [1.54, 1.807) is 31.2 Å². The lowest BCUT2D eigenvalue weighted by atomic mass is 10.1. The first-order chi connectivity index (χ1) is 11.0. The summed E-state index contributed by atoms with van der Waals surface area (Å²) in [6, 6.07) is 6.72. The van der Waals surface area contributed by atoms with Crippen LogP contribution in [0.2, 0.25) is 0 Å². The molecule has 130 valence electrons. The Balaban J connectivity index is 2.93. The van der Waals surface area contributed by atoms with E-state index in [2.05, 4.69) is 0 Å². The lowest BCUT2D eigenvalue weighted by Gasteiger charge is -2.20. The lowest BCUT2D eigenvalue weighted by Crippen LogP contribution is -2.37. The van der Waals surface area contributed by atoms with Gasteiger partial charge in [0.05, 0.1) is 11.5 Å². The predicted molar refractivity (Wildman–Crippen MR) is 91.2 cm³/mol. The highest BCUT2D eigenvalue weighted by atomic mass is 35.5. The van der Waals surface area contributed by atoms with Crippen molar-refractivity contribution in [3.8, 4) is 0 Å². The van der Waals surface area contributed by atoms with Gasteiger partial charge in [-0.1, -0.05) is 19.1 Å². The highest BCUT2D eigenvalue weighted by molar-refractivity contribution is 7.89. The molecule has 0 aliphatic carbocycles. The molecule has 0 saturated carbocycles. The van der Waals surface area contributed by atoms with Gasteiger partial charge in [0.15, 0.2) is 0 Å². The number of benzene rings is 1. The first-order valence-electron chi connectivity index (χ1n) is 7.76. The first kappa shape index (κ1) is 19.9. The Morgan fingerprint density at radius 2 is 1.87 bits per heavy atom. The van der Waals surface area contributed by atoms with E-state index >= 15 is 0 Å². The first-order valence-corrected chi connectivity index (χ1v) is 9.73. The molecule has 0 fully saturated rings. The van der Waals surface area contributed by atoms with Gasteiger partial charge in [-0.05, 0) is 43.9 Å². The minimum absolute atomic E-state index is 0.185. The average Bonchev–Trinajstić information content (AvgIpc) is 2.53. The summed E-state index contributed by atoms with van der Waals surface area (Å²) in [7, 11) is -3.71. The Hall–Kier alpha value is -1.11. The van der Waals surface area contributed by atoms with Crippen molar-refractivity contribution in [2.75, 3.05) is 25.6 Å². The fourth-order valence-corrected chi connectivity index (χ4v) is 3.74. The van der Waals surface area contributed by atoms with Gasteiger partial charge in [-0.2, -0.15) is 4.31 Å². The number of aryl methyl sites for hydroxylation is 1. The maximum Gasteiger partial charge on any atom is 0.321 e. The molecule has 0 aromatic heterocycles. The standard InChI is InChI=1S/C16H24ClNO4S/c1-3-12-18(13-16(19)22-4-2)23(20,21)15-9-7-14(8-10-15)6-5-11-17/h7-10H,3-6,11-13H2,1-2H3. The van der Waals surface area contributed by atoms with E-state index in [0.29, 0.717) is 12.3 Å². The molecule has 0 saturated heterocycles. The molecule has 1 aromatic carbocycles. The van der Waals surface area contributed by atoms with Crippen LogP contribution < -0.4 is 0 Å². The number of ether oxygens (including phenoxy) is 1. The molecule has 0 aliphatic heterocycles. The van der Waals surface area contributed by atoms with Crippen LogP contribution in [0.5, 0.6) is 0 Å². The molecule has 0 spiro atoms. The van der Waals surface area contributed by atoms with Gasteiger partial charge >= 0.3 is 5.97 Å². The van der Waals surface area contributed by atoms with Crippen LogP contribution in [-0.2, 0) is 26.0 Å². The topological polar surface area (TPSA) is 63.7 Å². The minimum atomic E-state index is -3.71. The zero-order chi connectivity index (χ0) is 17.3. The van der Waals surface area contributed by atoms with Gasteiger partial charge in [-0.25, -0.2) is 8.42 Å². The van der Waals surface area contributed by atoms with E-state index in [1.165, 1.54) is 4.31 Å². The Bertz CT molecular complexity index is 587. The fraction of sp³-hybridized carbons (Fsp3) is 0.562. The molecule has 0 amide bonds. The molecular weight excluding hydrogens is 338 g/mol. The third-order valence-corrected chi connectivity index (χ3v) is 5.37. The average molecular weight is 362 g/mol. The van der Waals surface area contributed by atoms with E-state index in [9.17, 15) is 13.2 Å². The minimum Gasteiger partial charge on any atom is -0.465 e. The number of sulfonamides is 1. The van der Waals surface area contributed by atoms with Crippen molar-refractivity contribution in [2.24, 2.45) is 0 Å². The molecule has 0 heterocycles. The summed E-state index contributed by atoms with van der Waals surface area (Å²) >= 11 is 5.66. The smallest absolute Gasteiger partial charge is 0.321 e. The van der Waals surface area contributed by atoms with Gasteiger partial charge < -0.3 is 4.74 Å². The molecule has 0 radical (unpaired) electrons. The summed E-state index contributed by atoms with van der Waals surface area (Å²) in [5.74, 6) is 0.0346. The Morgan fingerprint density at radius 1 is 1.22 bits per heavy atom. The van der Waals surface area contributed by atoms with E-state index in [4.69, 9.17) is 16.3 Å². The lowest BCUT2D eigenvalue weighted by molar-refractivity contribution is -0.143. The Kier molecular flexibility index (Phi) is 8.58. The molecule has 0 bridgehead atoms. The van der Waals surface area contributed by atoms with E-state index in [0.717, 1.165) is 18.4 Å². The number of hydrogen-bond donors (Lipinski definition) is 0. The van der Waals surface area contributed by atoms with Crippen LogP contribution in [0.15, 0.2) is 29.2 Å². The third-order valence-electron chi connectivity index (χ3n) is 3.24. The number of hydrogen-bond acceptors (Lipinski definition) is 4. The zero-order valence-corrected chi connectivity index (χ0v) is 15.2. The molecule has 23 heavy (non-hydrogen) atoms. The van der Waals surface area contributed by atoms with E-state index in [1.807, 2.05) is 6.92 Å². The molecule has 1 aromatic rings. The quantitative estimate of drug-likeness (QED) is 0.475. The van der Waals surface area contributed by atoms with Crippen molar-refractivity contribution in [3.63, 3.8) is 0 Å². The highest BCUT2D eigenvalue weighted by Crippen LogP contribution is 2.17. The number of esters is 1. The third kappa shape index (κ3) is 6.12. The normalized spacial score (nSPS) is 11.7. The van der Waals surface area contributed by atoms with Crippen LogP contribution in [0, 0.1) is 0 Å². The number of nitrogens with zero attached hydrogens (tertiary/aromatic N) is 1. The van der Waals surface area contributed by atoms with Gasteiger partial charge in [0.1, 0.15) is 6.54 Å². The maximum atomic E-state index is 12.7. The predicted octanol–water partition coefficient (Wildman–Crippen LogP) is 2.82. The van der Waals surface area contributed by atoms with Crippen LogP contribution in [0.1, 0.15) is 32.3 Å². The Morgan fingerprint density at radius 3 is 2.39 bits per heavy atom. The zero-order valence-electron chi connectivity index (χ0n) is 13.6. The van der Waals surface area contributed by atoms with Crippen LogP contribution in [-0.4, -0.2) is 44.3 Å². The van der Waals surface area contributed by atoms with Crippen molar-refractivity contribution < 1.29 is 17.9 Å². The molecule has 7 heteroatoms. The van der Waals surface area contributed by atoms with E-state index < -0.39 is 16.0 Å². The van der Waals surface area contributed by atoms with E-state index in [-0.39, 0.29) is 24.6 Å². The van der Waals surface area contributed by atoms with Gasteiger partial charge in [0, 0.05) is 12.4 Å². The van der Waals surface area contributed by atoms with Crippen LogP contribution in [0.3, 0.4) is 0 Å². The highest BCUT2D eigenvalue weighted by Gasteiger charge is 2.26. The molecule has 1 rings (SSSR count). The van der Waals surface area contributed by atoms with Crippen LogP contribution in [0.4, 0.5) is 0 Å². The molecule has 0 atom stereocenters. The monoisotopic (exact) mass is 361 g/mol. The summed E-state index contributed by atoms with van der Waals surface area (Å²) in [6.45, 7) is 3.79. The van der Waals surface area contributed by atoms with Gasteiger partial charge in [-0.3, -0.25) is 4.79 Å². The number of alkyl halides is 1. The SMILES string of the molecule is CCCN(CC(=O)OCC)S(=O)(=O)c1ccc(CCCCl)cc1. The summed E-state index contributed by atoms with van der Waals surface area (Å²) in [5, 5.41) is 0. The second-order valence-electron chi connectivity index (χ2n) is 5.08. The van der Waals surface area contributed by atoms with Crippen molar-refractivity contribution in [1.82, 2.24) is 4.31 Å². The molecule has 5 nitrogen and oxygen atoms in total. The van der Waals surface area contributed by atoms with Gasteiger partial charge in [0.25, 0.3) is 0 Å². The van der Waals surface area contributed by atoms with Crippen LogP contribution >= 0.6 is 11.6 Å². The van der Waals surface area contributed by atoms with Gasteiger partial charge in [0.2, 0.25) is 10.0 Å². The maximum absolute atomic E-state index is 12.7. The number of rotatable bonds is 10. The summed E-state index contributed by atoms with van der Waals surface area (Å²) in [5.41, 5.74) is 1.04. The summed E-state index contributed by atoms with van der Waals surface area (Å²) < 4.78 is 31.4. The van der Waals surface area contributed by atoms with Gasteiger partial charge in [-0.15, -0.1) is 11.6 Å². The largest absolute Gasteiger partial charge is 0.465 e. The van der Waals surface area contributed by atoms with Crippen molar-refractivity contribution in [3.05, 3.63) is 29.8 Å². The van der Waals surface area contributed by atoms with Crippen molar-refractivity contribution in [1.29, 1.82) is 0 Å². The number of carbonyl (C=O) groups excluding carboxylic acids is 1. The van der Waals surface area contributed by atoms with Crippen molar-refractivity contribution in [2.45, 2.75) is 38.0 Å². The molecular formula is C16H24ClNO4S.